The first-order valence-electron chi connectivity index (χ1n) is 11.9. The summed E-state index contributed by atoms with van der Waals surface area (Å²) in [6.07, 6.45) is 0. The van der Waals surface area contributed by atoms with Gasteiger partial charge in [-0.05, 0) is 79.3 Å². The van der Waals surface area contributed by atoms with Crippen LogP contribution in [0.3, 0.4) is 0 Å². The van der Waals surface area contributed by atoms with Gasteiger partial charge in [0.1, 0.15) is 10.5 Å². The van der Waals surface area contributed by atoms with Crippen molar-refractivity contribution in [3.63, 3.8) is 0 Å². The van der Waals surface area contributed by atoms with Crippen molar-refractivity contribution in [1.29, 1.82) is 0 Å². The molecule has 3 aromatic carbocycles. The van der Waals surface area contributed by atoms with E-state index in [1.165, 1.54) is 40.2 Å². The molecule has 2 heterocycles. The highest BCUT2D eigenvalue weighted by Crippen LogP contribution is 2.29. The SMILES string of the molecule is Cc1ccccc1-n1c(=S)sc2c(=O)n(-c3ccc(F)cc3)c(SCC(=O)Nc3ccc(N(C)C)cc3)nc21. The van der Waals surface area contributed by atoms with Crippen LogP contribution in [0.2, 0.25) is 0 Å². The molecule has 0 saturated carbocycles. The molecule has 0 unspecified atom stereocenters. The van der Waals surface area contributed by atoms with Crippen LogP contribution >= 0.6 is 35.3 Å². The van der Waals surface area contributed by atoms with Gasteiger partial charge in [0, 0.05) is 25.5 Å². The van der Waals surface area contributed by atoms with E-state index in [0.717, 1.165) is 28.7 Å². The molecule has 0 fully saturated rings. The van der Waals surface area contributed by atoms with Crippen molar-refractivity contribution < 1.29 is 9.18 Å². The third-order valence-electron chi connectivity index (χ3n) is 6.02. The van der Waals surface area contributed by atoms with Crippen LogP contribution < -0.4 is 15.8 Å². The van der Waals surface area contributed by atoms with Gasteiger partial charge in [0.05, 0.1) is 17.1 Å². The van der Waals surface area contributed by atoms with E-state index in [0.29, 0.717) is 30.8 Å². The van der Waals surface area contributed by atoms with Crippen LogP contribution in [0.4, 0.5) is 15.8 Å². The van der Waals surface area contributed by atoms with Gasteiger partial charge in [-0.15, -0.1) is 0 Å². The molecule has 0 atom stereocenters. The predicted molar refractivity (Wildman–Crippen MR) is 160 cm³/mol. The fraction of sp³-hybridized carbons (Fsp3) is 0.143. The number of aryl methyl sites for hydroxylation is 1. The zero-order valence-electron chi connectivity index (χ0n) is 21.3. The summed E-state index contributed by atoms with van der Waals surface area (Å²) in [7, 11) is 3.89. The fourth-order valence-corrected chi connectivity index (χ4v) is 6.14. The topological polar surface area (TPSA) is 72.2 Å². The number of anilines is 2. The van der Waals surface area contributed by atoms with Crippen LogP contribution in [0, 0.1) is 16.7 Å². The van der Waals surface area contributed by atoms with E-state index in [1.54, 1.807) is 4.57 Å². The number of rotatable bonds is 7. The molecule has 0 saturated heterocycles. The Morgan fingerprint density at radius 3 is 2.41 bits per heavy atom. The lowest BCUT2D eigenvalue weighted by Crippen LogP contribution is -2.23. The van der Waals surface area contributed by atoms with E-state index in [9.17, 15) is 14.0 Å². The highest BCUT2D eigenvalue weighted by atomic mass is 32.2. The van der Waals surface area contributed by atoms with Gasteiger partial charge in [0.25, 0.3) is 5.56 Å². The third-order valence-corrected chi connectivity index (χ3v) is 8.31. The third kappa shape index (κ3) is 5.51. The summed E-state index contributed by atoms with van der Waals surface area (Å²) in [5.74, 6) is -0.668. The molecule has 0 spiro atoms. The Morgan fingerprint density at radius 1 is 1.05 bits per heavy atom. The number of thiazole rings is 1. The van der Waals surface area contributed by atoms with E-state index in [4.69, 9.17) is 17.2 Å². The number of hydrogen-bond donors (Lipinski definition) is 1. The van der Waals surface area contributed by atoms with Crippen LogP contribution in [0.15, 0.2) is 82.7 Å². The number of carbonyl (C=O) groups excluding carboxylic acids is 1. The highest BCUT2D eigenvalue weighted by Gasteiger charge is 2.20. The molecule has 0 radical (unpaired) electrons. The highest BCUT2D eigenvalue weighted by molar-refractivity contribution is 7.99. The molecule has 0 aliphatic rings. The average Bonchev–Trinajstić information content (AvgIpc) is 3.25. The largest absolute Gasteiger partial charge is 0.378 e. The molecular weight excluding hydrogens is 554 g/mol. The number of amides is 1. The van der Waals surface area contributed by atoms with Gasteiger partial charge in [0.2, 0.25) is 5.91 Å². The lowest BCUT2D eigenvalue weighted by Gasteiger charge is -2.14. The lowest BCUT2D eigenvalue weighted by molar-refractivity contribution is -0.113. The zero-order chi connectivity index (χ0) is 27.7. The summed E-state index contributed by atoms with van der Waals surface area (Å²) in [6.45, 7) is 1.96. The first-order valence-corrected chi connectivity index (χ1v) is 14.1. The summed E-state index contributed by atoms with van der Waals surface area (Å²) in [4.78, 5) is 33.5. The van der Waals surface area contributed by atoms with E-state index in [-0.39, 0.29) is 17.2 Å². The average molecular weight is 578 g/mol. The van der Waals surface area contributed by atoms with Crippen molar-refractivity contribution >= 4 is 62.9 Å². The van der Waals surface area contributed by atoms with Gasteiger partial charge >= 0.3 is 0 Å². The second kappa shape index (κ2) is 11.1. The fourth-order valence-electron chi connectivity index (χ4n) is 4.05. The Bertz CT molecular complexity index is 1790. The standard InChI is InChI=1S/C28H24FN5O2S3/c1-17-6-4-5-7-22(17)34-25-24(39-28(34)37)26(36)33(21-12-8-18(29)9-13-21)27(31-25)38-16-23(35)30-19-10-14-20(15-11-19)32(2)3/h4-15H,16H2,1-3H3,(H,30,35). The summed E-state index contributed by atoms with van der Waals surface area (Å²) >= 11 is 7.95. The maximum absolute atomic E-state index is 13.8. The number of benzene rings is 3. The molecular formula is C28H24FN5O2S3. The van der Waals surface area contributed by atoms with Gasteiger partial charge in [-0.25, -0.2) is 9.37 Å². The molecule has 2 aromatic heterocycles. The van der Waals surface area contributed by atoms with Crippen LogP contribution in [0.5, 0.6) is 0 Å². The number of para-hydroxylation sites is 1. The van der Waals surface area contributed by atoms with Crippen LogP contribution in [0.1, 0.15) is 5.56 Å². The van der Waals surface area contributed by atoms with Gasteiger partial charge < -0.3 is 10.2 Å². The van der Waals surface area contributed by atoms with Crippen molar-refractivity contribution in [2.24, 2.45) is 0 Å². The summed E-state index contributed by atoms with van der Waals surface area (Å²) < 4.78 is 17.7. The maximum atomic E-state index is 13.8. The molecule has 0 aliphatic heterocycles. The molecule has 0 bridgehead atoms. The molecule has 1 N–H and O–H groups in total. The molecule has 5 rings (SSSR count). The summed E-state index contributed by atoms with van der Waals surface area (Å²) in [5.41, 5.74) is 4.02. The monoisotopic (exact) mass is 577 g/mol. The lowest BCUT2D eigenvalue weighted by atomic mass is 10.2. The normalized spacial score (nSPS) is 11.1. The molecule has 7 nitrogen and oxygen atoms in total. The smallest absolute Gasteiger partial charge is 0.278 e. The van der Waals surface area contributed by atoms with Crippen molar-refractivity contribution in [1.82, 2.24) is 14.1 Å². The van der Waals surface area contributed by atoms with Gasteiger partial charge in [-0.2, -0.15) is 0 Å². The number of nitrogens with one attached hydrogen (secondary N) is 1. The number of aromatic nitrogens is 3. The Hall–Kier alpha value is -3.80. The predicted octanol–water partition coefficient (Wildman–Crippen LogP) is 6.21. The van der Waals surface area contributed by atoms with E-state index in [1.807, 2.05) is 74.4 Å². The van der Waals surface area contributed by atoms with Crippen LogP contribution in [-0.4, -0.2) is 39.9 Å². The number of thioether (sulfide) groups is 1. The summed E-state index contributed by atoms with van der Waals surface area (Å²) in [6, 6.07) is 20.8. The second-order valence-electron chi connectivity index (χ2n) is 8.93. The molecule has 0 aliphatic carbocycles. The van der Waals surface area contributed by atoms with E-state index in [2.05, 4.69) is 5.32 Å². The van der Waals surface area contributed by atoms with Crippen molar-refractivity contribution in [3.05, 3.63) is 98.5 Å². The zero-order valence-corrected chi connectivity index (χ0v) is 23.8. The number of nitrogens with zero attached hydrogens (tertiary/aromatic N) is 4. The molecule has 1 amide bonds. The molecule has 39 heavy (non-hydrogen) atoms. The van der Waals surface area contributed by atoms with E-state index >= 15 is 0 Å². The van der Waals surface area contributed by atoms with Gasteiger partial charge in [-0.3, -0.25) is 18.7 Å². The molecule has 11 heteroatoms. The molecule has 5 aromatic rings. The van der Waals surface area contributed by atoms with Crippen molar-refractivity contribution in [3.8, 4) is 11.4 Å². The Morgan fingerprint density at radius 2 is 1.74 bits per heavy atom. The number of carbonyl (C=O) groups is 1. The summed E-state index contributed by atoms with van der Waals surface area (Å²) in [5, 5.41) is 3.18. The van der Waals surface area contributed by atoms with Gasteiger partial charge in [-0.1, -0.05) is 41.3 Å². The number of hydrogen-bond acceptors (Lipinski definition) is 7. The van der Waals surface area contributed by atoms with Crippen LogP contribution in [0.25, 0.3) is 21.7 Å². The van der Waals surface area contributed by atoms with Crippen LogP contribution in [-0.2, 0) is 4.79 Å². The maximum Gasteiger partial charge on any atom is 0.278 e. The number of fused-ring (bicyclic) bond motifs is 1. The van der Waals surface area contributed by atoms with E-state index < -0.39 is 5.82 Å². The van der Waals surface area contributed by atoms with Gasteiger partial charge in [0.15, 0.2) is 14.8 Å². The number of halogens is 1. The minimum Gasteiger partial charge on any atom is -0.378 e. The first kappa shape index (κ1) is 26.8. The quantitative estimate of drug-likeness (QED) is 0.141. The molecule has 198 valence electrons. The Kier molecular flexibility index (Phi) is 7.65. The Labute approximate surface area is 237 Å². The van der Waals surface area contributed by atoms with Crippen molar-refractivity contribution in [2.75, 3.05) is 30.1 Å². The minimum atomic E-state index is -0.420. The second-order valence-corrected chi connectivity index (χ2v) is 11.5. The minimum absolute atomic E-state index is 0.00378. The Balaban J connectivity index is 1.55. The van der Waals surface area contributed by atoms with Crippen molar-refractivity contribution in [2.45, 2.75) is 12.1 Å². The first-order chi connectivity index (χ1) is 18.7.